The van der Waals surface area contributed by atoms with Gasteiger partial charge in [-0.1, -0.05) is 25.1 Å². The molecule has 1 amide bonds. The van der Waals surface area contributed by atoms with E-state index in [9.17, 15) is 13.2 Å². The van der Waals surface area contributed by atoms with Gasteiger partial charge in [-0.2, -0.15) is 0 Å². The van der Waals surface area contributed by atoms with Crippen molar-refractivity contribution in [3.63, 3.8) is 0 Å². The molecule has 0 spiro atoms. The van der Waals surface area contributed by atoms with E-state index in [1.165, 1.54) is 6.26 Å². The molecule has 1 rings (SSSR count). The Bertz CT molecular complexity index is 639. The molecule has 6 heteroatoms. The molecule has 0 aromatic heterocycles. The van der Waals surface area contributed by atoms with E-state index in [-0.39, 0.29) is 18.4 Å². The molecule has 1 atom stereocenters. The van der Waals surface area contributed by atoms with Gasteiger partial charge in [0, 0.05) is 31.0 Å². The predicted octanol–water partition coefficient (Wildman–Crippen LogP) is 2.38. The monoisotopic (exact) mass is 340 g/mol. The van der Waals surface area contributed by atoms with Crippen molar-refractivity contribution in [3.8, 4) is 0 Å². The van der Waals surface area contributed by atoms with Crippen molar-refractivity contribution in [1.82, 2.24) is 5.32 Å². The summed E-state index contributed by atoms with van der Waals surface area (Å²) in [4.78, 5) is 12.1. The highest BCUT2D eigenvalue weighted by molar-refractivity contribution is 7.92. The SMILES string of the molecule is CCc1ccccc1NC(=O)C[C@@H](C)NCC(C)(C)S(C)(=O)=O. The van der Waals surface area contributed by atoms with Gasteiger partial charge in [0.05, 0.1) is 4.75 Å². The Morgan fingerprint density at radius 3 is 2.43 bits per heavy atom. The second-order valence-corrected chi connectivity index (χ2v) is 9.23. The predicted molar refractivity (Wildman–Crippen MR) is 95.5 cm³/mol. The number of hydrogen-bond acceptors (Lipinski definition) is 4. The van der Waals surface area contributed by atoms with Gasteiger partial charge in [-0.15, -0.1) is 0 Å². The van der Waals surface area contributed by atoms with E-state index in [1.807, 2.05) is 38.1 Å². The van der Waals surface area contributed by atoms with Crippen molar-refractivity contribution in [2.45, 2.75) is 51.3 Å². The van der Waals surface area contributed by atoms with Crippen LogP contribution in [0.15, 0.2) is 24.3 Å². The lowest BCUT2D eigenvalue weighted by Gasteiger charge is -2.25. The number of carbonyl (C=O) groups excluding carboxylic acids is 1. The number of nitrogens with one attached hydrogen (secondary N) is 2. The summed E-state index contributed by atoms with van der Waals surface area (Å²) in [5.41, 5.74) is 1.93. The molecule has 0 aliphatic heterocycles. The van der Waals surface area contributed by atoms with E-state index in [2.05, 4.69) is 10.6 Å². The number of amides is 1. The summed E-state index contributed by atoms with van der Waals surface area (Å²) in [7, 11) is -3.15. The zero-order valence-corrected chi connectivity index (χ0v) is 15.5. The molecular formula is C17H28N2O3S. The van der Waals surface area contributed by atoms with Crippen LogP contribution in [0.4, 0.5) is 5.69 Å². The molecule has 0 bridgehead atoms. The molecule has 1 aromatic carbocycles. The van der Waals surface area contributed by atoms with E-state index in [0.29, 0.717) is 6.54 Å². The second kappa shape index (κ2) is 7.93. The largest absolute Gasteiger partial charge is 0.326 e. The summed E-state index contributed by atoms with van der Waals surface area (Å²) in [5, 5.41) is 6.06. The highest BCUT2D eigenvalue weighted by Crippen LogP contribution is 2.16. The van der Waals surface area contributed by atoms with Crippen LogP contribution < -0.4 is 10.6 Å². The summed E-state index contributed by atoms with van der Waals surface area (Å²) < 4.78 is 22.5. The maximum atomic E-state index is 12.1. The van der Waals surface area contributed by atoms with Crippen LogP contribution in [-0.4, -0.2) is 37.9 Å². The number of benzene rings is 1. The number of anilines is 1. The topological polar surface area (TPSA) is 75.3 Å². The van der Waals surface area contributed by atoms with Gasteiger partial charge in [0.25, 0.3) is 0 Å². The first-order valence-corrected chi connectivity index (χ1v) is 9.76. The molecule has 0 saturated carbocycles. The second-order valence-electron chi connectivity index (χ2n) is 6.58. The lowest BCUT2D eigenvalue weighted by Crippen LogP contribution is -2.45. The number of aryl methyl sites for hydroxylation is 1. The first-order valence-electron chi connectivity index (χ1n) is 7.87. The van der Waals surface area contributed by atoms with Crippen LogP contribution in [0.1, 0.15) is 39.7 Å². The van der Waals surface area contributed by atoms with Gasteiger partial charge in [0.15, 0.2) is 9.84 Å². The molecule has 5 nitrogen and oxygen atoms in total. The highest BCUT2D eigenvalue weighted by atomic mass is 32.2. The van der Waals surface area contributed by atoms with Crippen LogP contribution in [-0.2, 0) is 21.1 Å². The fraction of sp³-hybridized carbons (Fsp3) is 0.588. The van der Waals surface area contributed by atoms with E-state index in [1.54, 1.807) is 13.8 Å². The average Bonchev–Trinajstić information content (AvgIpc) is 2.44. The van der Waals surface area contributed by atoms with Gasteiger partial charge in [-0.25, -0.2) is 8.42 Å². The van der Waals surface area contributed by atoms with Crippen molar-refractivity contribution in [2.75, 3.05) is 18.1 Å². The van der Waals surface area contributed by atoms with Gasteiger partial charge in [0.1, 0.15) is 0 Å². The van der Waals surface area contributed by atoms with Crippen LogP contribution in [0.2, 0.25) is 0 Å². The van der Waals surface area contributed by atoms with E-state index >= 15 is 0 Å². The molecule has 1 aromatic rings. The third kappa shape index (κ3) is 5.95. The molecule has 0 aliphatic rings. The molecule has 0 aliphatic carbocycles. The molecule has 0 fully saturated rings. The fourth-order valence-corrected chi connectivity index (χ4v) is 2.40. The van der Waals surface area contributed by atoms with Gasteiger partial charge in [-0.3, -0.25) is 4.79 Å². The third-order valence-corrected chi connectivity index (χ3v) is 6.20. The Morgan fingerprint density at radius 2 is 1.87 bits per heavy atom. The minimum atomic E-state index is -3.15. The van der Waals surface area contributed by atoms with Crippen LogP contribution >= 0.6 is 0 Å². The molecule has 0 saturated heterocycles. The maximum Gasteiger partial charge on any atom is 0.225 e. The number of sulfone groups is 1. The average molecular weight is 340 g/mol. The van der Waals surface area contributed by atoms with Crippen molar-refractivity contribution in [2.24, 2.45) is 0 Å². The molecule has 0 unspecified atom stereocenters. The minimum absolute atomic E-state index is 0.0805. The molecule has 0 heterocycles. The zero-order chi connectivity index (χ0) is 17.7. The first-order chi connectivity index (χ1) is 10.6. The van der Waals surface area contributed by atoms with Crippen LogP contribution in [0.5, 0.6) is 0 Å². The van der Waals surface area contributed by atoms with Gasteiger partial charge < -0.3 is 10.6 Å². The van der Waals surface area contributed by atoms with E-state index < -0.39 is 14.6 Å². The summed E-state index contributed by atoms with van der Waals surface area (Å²) in [5.74, 6) is -0.0805. The Morgan fingerprint density at radius 1 is 1.26 bits per heavy atom. The number of rotatable bonds is 8. The maximum absolute atomic E-state index is 12.1. The number of hydrogen-bond donors (Lipinski definition) is 2. The van der Waals surface area contributed by atoms with Crippen LogP contribution in [0.3, 0.4) is 0 Å². The normalized spacial score (nSPS) is 13.6. The highest BCUT2D eigenvalue weighted by Gasteiger charge is 2.30. The van der Waals surface area contributed by atoms with Crippen LogP contribution in [0.25, 0.3) is 0 Å². The summed E-state index contributed by atoms with van der Waals surface area (Å²) in [6.45, 7) is 7.59. The first kappa shape index (κ1) is 19.6. The quantitative estimate of drug-likeness (QED) is 0.762. The Hall–Kier alpha value is -1.40. The molecule has 23 heavy (non-hydrogen) atoms. The Balaban J connectivity index is 2.54. The van der Waals surface area contributed by atoms with Gasteiger partial charge >= 0.3 is 0 Å². The zero-order valence-electron chi connectivity index (χ0n) is 14.6. The fourth-order valence-electron chi connectivity index (χ4n) is 2.05. The third-order valence-electron chi connectivity index (χ3n) is 4.04. The van der Waals surface area contributed by atoms with Gasteiger partial charge in [0.2, 0.25) is 5.91 Å². The summed E-state index contributed by atoms with van der Waals surface area (Å²) in [6.07, 6.45) is 2.37. The van der Waals surface area contributed by atoms with E-state index in [4.69, 9.17) is 0 Å². The Labute approximate surface area is 139 Å². The Kier molecular flexibility index (Phi) is 6.77. The summed E-state index contributed by atoms with van der Waals surface area (Å²) >= 11 is 0. The van der Waals surface area contributed by atoms with Crippen molar-refractivity contribution >= 4 is 21.4 Å². The molecule has 130 valence electrons. The minimum Gasteiger partial charge on any atom is -0.326 e. The summed E-state index contributed by atoms with van der Waals surface area (Å²) in [6, 6.07) is 7.62. The lowest BCUT2D eigenvalue weighted by atomic mass is 10.1. The smallest absolute Gasteiger partial charge is 0.225 e. The standard InChI is InChI=1S/C17H28N2O3S/c1-6-14-9-7-8-10-15(14)19-16(20)11-13(2)18-12-17(3,4)23(5,21)22/h7-10,13,18H,6,11-12H2,1-5H3,(H,19,20)/t13-/m1/s1. The van der Waals surface area contributed by atoms with E-state index in [0.717, 1.165) is 17.7 Å². The van der Waals surface area contributed by atoms with Crippen molar-refractivity contribution in [1.29, 1.82) is 0 Å². The molecule has 2 N–H and O–H groups in total. The number of para-hydroxylation sites is 1. The molecule has 0 radical (unpaired) electrons. The van der Waals surface area contributed by atoms with Crippen LogP contribution in [0, 0.1) is 0 Å². The van der Waals surface area contributed by atoms with Crippen molar-refractivity contribution in [3.05, 3.63) is 29.8 Å². The van der Waals surface area contributed by atoms with Gasteiger partial charge in [-0.05, 0) is 38.8 Å². The molecular weight excluding hydrogens is 312 g/mol. The lowest BCUT2D eigenvalue weighted by molar-refractivity contribution is -0.116. The number of carbonyl (C=O) groups is 1. The van der Waals surface area contributed by atoms with Crippen molar-refractivity contribution < 1.29 is 13.2 Å².